The van der Waals surface area contributed by atoms with Crippen LogP contribution in [-0.2, 0) is 13.0 Å². The molecule has 0 aliphatic rings. The maximum atomic E-state index is 13.9. The summed E-state index contributed by atoms with van der Waals surface area (Å²) in [4.78, 5) is 7.57. The van der Waals surface area contributed by atoms with Crippen molar-refractivity contribution in [3.05, 3.63) is 59.0 Å². The van der Waals surface area contributed by atoms with Crippen molar-refractivity contribution >= 4 is 40.8 Å². The van der Waals surface area contributed by atoms with E-state index in [1.165, 1.54) is 18.2 Å². The zero-order valence-corrected chi connectivity index (χ0v) is 20.6. The molecule has 0 fully saturated rings. The molecule has 0 unspecified atom stereocenters. The molecule has 7 nitrogen and oxygen atoms in total. The van der Waals surface area contributed by atoms with Gasteiger partial charge in [-0.3, -0.25) is 4.99 Å². The Morgan fingerprint density at radius 2 is 1.97 bits per heavy atom. The number of halogens is 2. The number of benzene rings is 2. The normalized spacial score (nSPS) is 10.9. The fraction of sp³-hybridized carbons (Fsp3) is 0.304. The number of aliphatic imine (C=N–C) groups is 1. The summed E-state index contributed by atoms with van der Waals surface area (Å²) in [6.07, 6.45) is 1.70. The SMILES string of the molecule is CN=C(NCCCc1cc2c(OC)cc(OC)cc2[nH]1)NCc1cc(C#N)ccc1F.I. The van der Waals surface area contributed by atoms with E-state index in [1.807, 2.05) is 18.2 Å². The maximum absolute atomic E-state index is 13.9. The summed E-state index contributed by atoms with van der Waals surface area (Å²) in [6, 6.07) is 12.2. The molecular formula is C23H27FIN5O2. The van der Waals surface area contributed by atoms with Crippen LogP contribution in [0.3, 0.4) is 0 Å². The first-order chi connectivity index (χ1) is 15.1. The van der Waals surface area contributed by atoms with Crippen molar-refractivity contribution in [1.29, 1.82) is 5.26 Å². The van der Waals surface area contributed by atoms with Gasteiger partial charge in [-0.25, -0.2) is 4.39 Å². The van der Waals surface area contributed by atoms with Gasteiger partial charge < -0.3 is 25.1 Å². The first-order valence-electron chi connectivity index (χ1n) is 9.94. The van der Waals surface area contributed by atoms with Crippen molar-refractivity contribution in [2.45, 2.75) is 19.4 Å². The standard InChI is InChI=1S/C23H26FN5O2.HI/c1-26-23(28-14-16-9-15(13-25)6-7-20(16)24)27-8-4-5-17-10-19-21(29-17)11-18(30-2)12-22(19)31-3;/h6-7,9-12,29H,4-5,8,14H2,1-3H3,(H2,26,27,28);1H. The molecule has 32 heavy (non-hydrogen) atoms. The molecule has 170 valence electrons. The minimum atomic E-state index is -0.354. The minimum absolute atomic E-state index is 0. The fourth-order valence-electron chi connectivity index (χ4n) is 3.32. The summed E-state index contributed by atoms with van der Waals surface area (Å²) >= 11 is 0. The van der Waals surface area contributed by atoms with Crippen molar-refractivity contribution in [3.8, 4) is 17.6 Å². The number of nitriles is 1. The third-order valence-corrected chi connectivity index (χ3v) is 4.95. The predicted octanol–water partition coefficient (Wildman–Crippen LogP) is 4.11. The van der Waals surface area contributed by atoms with Crippen LogP contribution in [0.1, 0.15) is 23.2 Å². The molecule has 0 bridgehead atoms. The molecule has 0 amide bonds. The zero-order chi connectivity index (χ0) is 22.2. The first kappa shape index (κ1) is 25.3. The summed E-state index contributed by atoms with van der Waals surface area (Å²) in [7, 11) is 4.94. The second kappa shape index (κ2) is 12.1. The molecule has 3 aromatic rings. The highest BCUT2D eigenvalue weighted by atomic mass is 127. The summed E-state index contributed by atoms with van der Waals surface area (Å²) in [5.74, 6) is 1.73. The Bertz CT molecular complexity index is 1120. The van der Waals surface area contributed by atoms with Crippen molar-refractivity contribution in [1.82, 2.24) is 15.6 Å². The number of hydrogen-bond donors (Lipinski definition) is 3. The number of nitrogens with one attached hydrogen (secondary N) is 3. The molecule has 3 N–H and O–H groups in total. The molecule has 1 aromatic heterocycles. The van der Waals surface area contributed by atoms with Crippen LogP contribution in [0, 0.1) is 17.1 Å². The quantitative estimate of drug-likeness (QED) is 0.170. The molecule has 0 spiro atoms. The Morgan fingerprint density at radius 3 is 2.66 bits per heavy atom. The van der Waals surface area contributed by atoms with Crippen molar-refractivity contribution < 1.29 is 13.9 Å². The Morgan fingerprint density at radius 1 is 1.16 bits per heavy atom. The van der Waals surface area contributed by atoms with E-state index in [1.54, 1.807) is 21.3 Å². The van der Waals surface area contributed by atoms with E-state index in [4.69, 9.17) is 14.7 Å². The topological polar surface area (TPSA) is 94.5 Å². The van der Waals surface area contributed by atoms with E-state index in [0.717, 1.165) is 40.9 Å². The lowest BCUT2D eigenvalue weighted by molar-refractivity contribution is 0.398. The number of hydrogen-bond acceptors (Lipinski definition) is 4. The van der Waals surface area contributed by atoms with Crippen molar-refractivity contribution in [2.24, 2.45) is 4.99 Å². The van der Waals surface area contributed by atoms with E-state index < -0.39 is 0 Å². The molecule has 0 aliphatic carbocycles. The molecule has 3 rings (SSSR count). The fourth-order valence-corrected chi connectivity index (χ4v) is 3.32. The van der Waals surface area contributed by atoms with Gasteiger partial charge in [0.15, 0.2) is 5.96 Å². The van der Waals surface area contributed by atoms with Crippen molar-refractivity contribution in [2.75, 3.05) is 27.8 Å². The second-order valence-corrected chi connectivity index (χ2v) is 6.96. The van der Waals surface area contributed by atoms with Gasteiger partial charge in [-0.05, 0) is 37.1 Å². The van der Waals surface area contributed by atoms with E-state index in [-0.39, 0.29) is 36.3 Å². The van der Waals surface area contributed by atoms with Crippen LogP contribution in [-0.4, -0.2) is 38.8 Å². The Hall–Kier alpha value is -3.00. The van der Waals surface area contributed by atoms with Crippen LogP contribution >= 0.6 is 24.0 Å². The molecule has 1 heterocycles. The highest BCUT2D eigenvalue weighted by Gasteiger charge is 2.09. The molecule has 0 aliphatic heterocycles. The van der Waals surface area contributed by atoms with E-state index in [0.29, 0.717) is 23.6 Å². The lowest BCUT2D eigenvalue weighted by atomic mass is 10.1. The van der Waals surface area contributed by atoms with Gasteiger partial charge >= 0.3 is 0 Å². The number of H-pyrrole nitrogens is 1. The number of guanidine groups is 1. The Labute approximate surface area is 204 Å². The van der Waals surface area contributed by atoms with Gasteiger partial charge in [-0.1, -0.05) is 0 Å². The van der Waals surface area contributed by atoms with Crippen molar-refractivity contribution in [3.63, 3.8) is 0 Å². The molecular weight excluding hydrogens is 524 g/mol. The smallest absolute Gasteiger partial charge is 0.191 e. The summed E-state index contributed by atoms with van der Waals surface area (Å²) in [6.45, 7) is 0.931. The van der Waals surface area contributed by atoms with Crippen LogP contribution in [0.4, 0.5) is 4.39 Å². The number of aryl methyl sites for hydroxylation is 1. The number of methoxy groups -OCH3 is 2. The van der Waals surface area contributed by atoms with Crippen LogP contribution in [0.5, 0.6) is 11.5 Å². The van der Waals surface area contributed by atoms with Gasteiger partial charge in [0.2, 0.25) is 0 Å². The molecule has 0 saturated heterocycles. The van der Waals surface area contributed by atoms with Gasteiger partial charge in [-0.15, -0.1) is 24.0 Å². The minimum Gasteiger partial charge on any atom is -0.497 e. The highest BCUT2D eigenvalue weighted by Crippen LogP contribution is 2.31. The third kappa shape index (κ3) is 6.26. The lowest BCUT2D eigenvalue weighted by Gasteiger charge is -2.12. The second-order valence-electron chi connectivity index (χ2n) is 6.96. The number of aromatic nitrogens is 1. The number of fused-ring (bicyclic) bond motifs is 1. The van der Waals surface area contributed by atoms with Gasteiger partial charge in [0, 0.05) is 48.9 Å². The Kier molecular flexibility index (Phi) is 9.59. The first-order valence-corrected chi connectivity index (χ1v) is 9.94. The third-order valence-electron chi connectivity index (χ3n) is 4.95. The van der Waals surface area contributed by atoms with Gasteiger partial charge in [0.1, 0.15) is 17.3 Å². The molecule has 0 radical (unpaired) electrons. The number of rotatable bonds is 8. The monoisotopic (exact) mass is 551 g/mol. The van der Waals surface area contributed by atoms with E-state index in [2.05, 4.69) is 26.7 Å². The van der Waals surface area contributed by atoms with Crippen LogP contribution in [0.2, 0.25) is 0 Å². The summed E-state index contributed by atoms with van der Waals surface area (Å²) < 4.78 is 24.7. The van der Waals surface area contributed by atoms with Gasteiger partial charge in [0.05, 0.1) is 31.4 Å². The summed E-state index contributed by atoms with van der Waals surface area (Å²) in [5, 5.41) is 16.3. The molecule has 0 atom stereocenters. The van der Waals surface area contributed by atoms with Crippen LogP contribution in [0.15, 0.2) is 41.4 Å². The van der Waals surface area contributed by atoms with Gasteiger partial charge in [0.25, 0.3) is 0 Å². The Balaban J connectivity index is 0.00000363. The lowest BCUT2D eigenvalue weighted by Crippen LogP contribution is -2.37. The van der Waals surface area contributed by atoms with Crippen LogP contribution < -0.4 is 20.1 Å². The molecule has 9 heteroatoms. The average molecular weight is 551 g/mol. The zero-order valence-electron chi connectivity index (χ0n) is 18.3. The maximum Gasteiger partial charge on any atom is 0.191 e. The van der Waals surface area contributed by atoms with Crippen LogP contribution in [0.25, 0.3) is 10.9 Å². The van der Waals surface area contributed by atoms with Gasteiger partial charge in [-0.2, -0.15) is 5.26 Å². The molecule has 2 aromatic carbocycles. The van der Waals surface area contributed by atoms with E-state index in [9.17, 15) is 4.39 Å². The number of aromatic amines is 1. The largest absolute Gasteiger partial charge is 0.497 e. The average Bonchev–Trinajstić information content (AvgIpc) is 3.21. The number of nitrogens with zero attached hydrogens (tertiary/aromatic N) is 2. The predicted molar refractivity (Wildman–Crippen MR) is 134 cm³/mol. The number of ether oxygens (including phenoxy) is 2. The van der Waals surface area contributed by atoms with E-state index >= 15 is 0 Å². The highest BCUT2D eigenvalue weighted by molar-refractivity contribution is 14.0. The summed E-state index contributed by atoms with van der Waals surface area (Å²) in [5.41, 5.74) is 2.91. The molecule has 0 saturated carbocycles.